The second-order valence-electron chi connectivity index (χ2n) is 5.60. The number of nitrogens with zero attached hydrogens (tertiary/aromatic N) is 1. The van der Waals surface area contributed by atoms with Crippen molar-refractivity contribution in [3.8, 4) is 6.07 Å². The van der Waals surface area contributed by atoms with Crippen LogP contribution in [0.2, 0.25) is 0 Å². The normalized spacial score (nSPS) is 12.0. The minimum atomic E-state index is -4.51. The molecule has 0 aromatic heterocycles. The summed E-state index contributed by atoms with van der Waals surface area (Å²) in [5, 5.41) is 11.6. The van der Waals surface area contributed by atoms with Crippen molar-refractivity contribution in [2.45, 2.75) is 18.6 Å². The lowest BCUT2D eigenvalue weighted by atomic mass is 10.0. The Morgan fingerprint density at radius 3 is 2.33 bits per heavy atom. The third-order valence-electron chi connectivity index (χ3n) is 3.83. The molecule has 2 rings (SSSR count). The van der Waals surface area contributed by atoms with Crippen LogP contribution in [0.4, 0.5) is 13.2 Å². The molecular weight excluding hydrogens is 361 g/mol. The molecule has 2 aromatic carbocycles. The molecule has 140 valence electrons. The Labute approximate surface area is 153 Å². The molecule has 8 heteroatoms. The van der Waals surface area contributed by atoms with Crippen molar-refractivity contribution in [2.75, 3.05) is 7.11 Å². The average Bonchev–Trinajstić information content (AvgIpc) is 2.66. The van der Waals surface area contributed by atoms with Gasteiger partial charge in [-0.1, -0.05) is 18.2 Å². The number of carbonyl (C=O) groups is 2. The monoisotopic (exact) mass is 376 g/mol. The highest BCUT2D eigenvalue weighted by molar-refractivity contribution is 5.96. The van der Waals surface area contributed by atoms with E-state index in [2.05, 4.69) is 10.1 Å². The van der Waals surface area contributed by atoms with E-state index >= 15 is 0 Å². The first-order valence-corrected chi connectivity index (χ1v) is 7.80. The zero-order chi connectivity index (χ0) is 20.0. The maximum Gasteiger partial charge on any atom is 0.416 e. The minimum Gasteiger partial charge on any atom is -0.467 e. The van der Waals surface area contributed by atoms with Gasteiger partial charge in [-0.25, -0.2) is 4.79 Å². The fraction of sp³-hybridized carbons (Fsp3) is 0.211. The molecule has 0 fully saturated rings. The maximum absolute atomic E-state index is 12.6. The largest absolute Gasteiger partial charge is 0.467 e. The van der Waals surface area contributed by atoms with Gasteiger partial charge in [-0.15, -0.1) is 0 Å². The minimum absolute atomic E-state index is 0.00276. The summed E-state index contributed by atoms with van der Waals surface area (Å²) < 4.78 is 42.5. The standard InChI is InChI=1S/C19H15F3N2O3/c1-27-18(26)16(10-13-4-2-3-5-14(13)11-23)24-17(25)12-6-8-15(9-7-12)19(20,21)22/h2-9,16H,10H2,1H3,(H,24,25)/t16-/m0/s1. The lowest BCUT2D eigenvalue weighted by Crippen LogP contribution is -2.43. The molecule has 0 spiro atoms. The van der Waals surface area contributed by atoms with E-state index in [0.29, 0.717) is 11.1 Å². The summed E-state index contributed by atoms with van der Waals surface area (Å²) in [5.41, 5.74) is -0.0460. The number of methoxy groups -OCH3 is 1. The highest BCUT2D eigenvalue weighted by Gasteiger charge is 2.30. The Hall–Kier alpha value is -3.34. The number of ether oxygens (including phenoxy) is 1. The van der Waals surface area contributed by atoms with Crippen molar-refractivity contribution in [2.24, 2.45) is 0 Å². The van der Waals surface area contributed by atoms with Crippen LogP contribution in [0.15, 0.2) is 48.5 Å². The van der Waals surface area contributed by atoms with Crippen LogP contribution >= 0.6 is 0 Å². The lowest BCUT2D eigenvalue weighted by Gasteiger charge is -2.17. The second kappa shape index (κ2) is 8.36. The predicted octanol–water partition coefficient (Wildman–Crippen LogP) is 3.09. The molecule has 2 aromatic rings. The Balaban J connectivity index is 2.19. The lowest BCUT2D eigenvalue weighted by molar-refractivity contribution is -0.142. The molecule has 0 aliphatic carbocycles. The summed E-state index contributed by atoms with van der Waals surface area (Å²) in [4.78, 5) is 24.3. The first-order chi connectivity index (χ1) is 12.8. The number of alkyl halides is 3. The van der Waals surface area contributed by atoms with Crippen molar-refractivity contribution in [1.29, 1.82) is 5.26 Å². The Kier molecular flexibility index (Phi) is 6.19. The van der Waals surface area contributed by atoms with Gasteiger partial charge in [0.15, 0.2) is 0 Å². The predicted molar refractivity (Wildman–Crippen MR) is 89.6 cm³/mol. The molecule has 1 N–H and O–H groups in total. The van der Waals surface area contributed by atoms with Gasteiger partial charge in [0.25, 0.3) is 5.91 Å². The molecule has 0 heterocycles. The average molecular weight is 376 g/mol. The summed E-state index contributed by atoms with van der Waals surface area (Å²) in [6.07, 6.45) is -4.51. The summed E-state index contributed by atoms with van der Waals surface area (Å²) in [6, 6.07) is 11.1. The van der Waals surface area contributed by atoms with Crippen molar-refractivity contribution in [3.63, 3.8) is 0 Å². The molecule has 0 saturated heterocycles. The third kappa shape index (κ3) is 5.07. The Morgan fingerprint density at radius 2 is 1.78 bits per heavy atom. The van der Waals surface area contributed by atoms with Crippen LogP contribution in [0.1, 0.15) is 27.0 Å². The van der Waals surface area contributed by atoms with E-state index in [1.807, 2.05) is 6.07 Å². The fourth-order valence-corrected chi connectivity index (χ4v) is 2.42. The van der Waals surface area contributed by atoms with Crippen molar-refractivity contribution in [3.05, 3.63) is 70.8 Å². The number of amides is 1. The molecule has 0 aliphatic heterocycles. The number of halogens is 3. The number of benzene rings is 2. The quantitative estimate of drug-likeness (QED) is 0.814. The SMILES string of the molecule is COC(=O)[C@H](Cc1ccccc1C#N)NC(=O)c1ccc(C(F)(F)F)cc1. The Morgan fingerprint density at radius 1 is 1.15 bits per heavy atom. The van der Waals surface area contributed by atoms with Gasteiger partial charge >= 0.3 is 12.1 Å². The molecular formula is C19H15F3N2O3. The van der Waals surface area contributed by atoms with Crippen molar-refractivity contribution >= 4 is 11.9 Å². The van der Waals surface area contributed by atoms with Gasteiger partial charge in [0.1, 0.15) is 6.04 Å². The van der Waals surface area contributed by atoms with E-state index in [1.165, 1.54) is 0 Å². The van der Waals surface area contributed by atoms with Crippen LogP contribution in [0.5, 0.6) is 0 Å². The van der Waals surface area contributed by atoms with E-state index in [9.17, 15) is 22.8 Å². The number of rotatable bonds is 5. The molecule has 0 bridgehead atoms. The molecule has 0 saturated carbocycles. The van der Waals surface area contributed by atoms with Gasteiger partial charge in [0.2, 0.25) is 0 Å². The number of nitrogens with one attached hydrogen (secondary N) is 1. The van der Waals surface area contributed by atoms with E-state index in [4.69, 9.17) is 5.26 Å². The van der Waals surface area contributed by atoms with Crippen molar-refractivity contribution in [1.82, 2.24) is 5.32 Å². The van der Waals surface area contributed by atoms with Crippen LogP contribution in [-0.4, -0.2) is 25.0 Å². The molecule has 27 heavy (non-hydrogen) atoms. The van der Waals surface area contributed by atoms with E-state index < -0.39 is 29.7 Å². The smallest absolute Gasteiger partial charge is 0.416 e. The summed E-state index contributed by atoms with van der Waals surface area (Å²) in [6.45, 7) is 0. The first kappa shape index (κ1) is 20.0. The summed E-state index contributed by atoms with van der Waals surface area (Å²) >= 11 is 0. The van der Waals surface area contributed by atoms with Gasteiger partial charge in [0, 0.05) is 12.0 Å². The third-order valence-corrected chi connectivity index (χ3v) is 3.83. The van der Waals surface area contributed by atoms with Gasteiger partial charge in [-0.2, -0.15) is 18.4 Å². The van der Waals surface area contributed by atoms with Crippen LogP contribution in [0.25, 0.3) is 0 Å². The zero-order valence-corrected chi connectivity index (χ0v) is 14.2. The fourth-order valence-electron chi connectivity index (χ4n) is 2.42. The second-order valence-corrected chi connectivity index (χ2v) is 5.60. The van der Waals surface area contributed by atoms with Gasteiger partial charge in [0.05, 0.1) is 24.3 Å². The van der Waals surface area contributed by atoms with Crippen molar-refractivity contribution < 1.29 is 27.5 Å². The number of hydrogen-bond donors (Lipinski definition) is 1. The summed E-state index contributed by atoms with van der Waals surface area (Å²) in [5.74, 6) is -1.46. The van der Waals surface area contributed by atoms with Gasteiger partial charge in [-0.3, -0.25) is 4.79 Å². The van der Waals surface area contributed by atoms with E-state index in [0.717, 1.165) is 31.4 Å². The molecule has 1 atom stereocenters. The number of hydrogen-bond acceptors (Lipinski definition) is 4. The molecule has 0 unspecified atom stereocenters. The van der Waals surface area contributed by atoms with E-state index in [-0.39, 0.29) is 12.0 Å². The number of nitriles is 1. The topological polar surface area (TPSA) is 79.2 Å². The van der Waals surface area contributed by atoms with E-state index in [1.54, 1.807) is 24.3 Å². The number of esters is 1. The van der Waals surface area contributed by atoms with Crippen LogP contribution in [0.3, 0.4) is 0 Å². The molecule has 0 radical (unpaired) electrons. The Bertz CT molecular complexity index is 871. The van der Waals surface area contributed by atoms with Crippen LogP contribution in [-0.2, 0) is 22.1 Å². The number of carbonyl (C=O) groups excluding carboxylic acids is 2. The maximum atomic E-state index is 12.6. The molecule has 1 amide bonds. The van der Waals surface area contributed by atoms with Crippen LogP contribution < -0.4 is 5.32 Å². The molecule has 0 aliphatic rings. The van der Waals surface area contributed by atoms with Gasteiger partial charge in [-0.05, 0) is 35.9 Å². The van der Waals surface area contributed by atoms with Gasteiger partial charge < -0.3 is 10.1 Å². The highest BCUT2D eigenvalue weighted by atomic mass is 19.4. The van der Waals surface area contributed by atoms with Crippen LogP contribution in [0, 0.1) is 11.3 Å². The molecule has 5 nitrogen and oxygen atoms in total. The zero-order valence-electron chi connectivity index (χ0n) is 14.2. The first-order valence-electron chi connectivity index (χ1n) is 7.80. The highest BCUT2D eigenvalue weighted by Crippen LogP contribution is 2.29. The summed E-state index contributed by atoms with van der Waals surface area (Å²) in [7, 11) is 1.15.